The molecule has 0 bridgehead atoms. The summed E-state index contributed by atoms with van der Waals surface area (Å²) in [5, 5.41) is 11.9. The van der Waals surface area contributed by atoms with E-state index in [2.05, 4.69) is 5.32 Å². The molecule has 1 amide bonds. The van der Waals surface area contributed by atoms with Gasteiger partial charge in [0.25, 0.3) is 5.91 Å². The molecule has 100 valence electrons. The van der Waals surface area contributed by atoms with Crippen molar-refractivity contribution < 1.29 is 19.0 Å². The standard InChI is InChI=1S/C12H15ClFNO3/c1-18-7-9(16)4-5-15-12(17)8-2-3-11(14)10(13)6-8/h2-3,6,9,16H,4-5,7H2,1H3,(H,15,17). The van der Waals surface area contributed by atoms with Gasteiger partial charge in [0.15, 0.2) is 0 Å². The molecule has 0 radical (unpaired) electrons. The van der Waals surface area contributed by atoms with Gasteiger partial charge in [0.1, 0.15) is 5.82 Å². The minimum absolute atomic E-state index is 0.0953. The Labute approximate surface area is 110 Å². The molecule has 0 aliphatic rings. The molecule has 1 aromatic rings. The molecular weight excluding hydrogens is 261 g/mol. The Morgan fingerprint density at radius 3 is 2.94 bits per heavy atom. The molecule has 1 aromatic carbocycles. The number of hydrogen-bond donors (Lipinski definition) is 2. The molecule has 0 aromatic heterocycles. The summed E-state index contributed by atoms with van der Waals surface area (Å²) in [5.41, 5.74) is 0.280. The van der Waals surface area contributed by atoms with Gasteiger partial charge < -0.3 is 15.2 Å². The van der Waals surface area contributed by atoms with Gasteiger partial charge >= 0.3 is 0 Å². The topological polar surface area (TPSA) is 58.6 Å². The first-order valence-electron chi connectivity index (χ1n) is 5.45. The number of aliphatic hydroxyl groups excluding tert-OH is 1. The molecule has 2 N–H and O–H groups in total. The van der Waals surface area contributed by atoms with Crippen LogP contribution in [0.25, 0.3) is 0 Å². The Morgan fingerprint density at radius 1 is 1.61 bits per heavy atom. The van der Waals surface area contributed by atoms with Gasteiger partial charge in [-0.25, -0.2) is 4.39 Å². The number of rotatable bonds is 6. The van der Waals surface area contributed by atoms with Gasteiger partial charge in [-0.05, 0) is 24.6 Å². The lowest BCUT2D eigenvalue weighted by molar-refractivity contribution is 0.0587. The average Bonchev–Trinajstić information content (AvgIpc) is 2.33. The van der Waals surface area contributed by atoms with Crippen molar-refractivity contribution in [1.29, 1.82) is 0 Å². The summed E-state index contributed by atoms with van der Waals surface area (Å²) < 4.78 is 17.6. The van der Waals surface area contributed by atoms with E-state index in [0.29, 0.717) is 13.0 Å². The maximum Gasteiger partial charge on any atom is 0.251 e. The maximum atomic E-state index is 12.9. The molecule has 6 heteroatoms. The van der Waals surface area contributed by atoms with Crippen molar-refractivity contribution in [3.05, 3.63) is 34.6 Å². The van der Waals surface area contributed by atoms with Gasteiger partial charge in [-0.15, -0.1) is 0 Å². The van der Waals surface area contributed by atoms with Crippen LogP contribution in [0.4, 0.5) is 4.39 Å². The van der Waals surface area contributed by atoms with Crippen molar-refractivity contribution in [3.63, 3.8) is 0 Å². The van der Waals surface area contributed by atoms with Crippen molar-refractivity contribution in [3.8, 4) is 0 Å². The zero-order valence-corrected chi connectivity index (χ0v) is 10.7. The van der Waals surface area contributed by atoms with E-state index in [1.807, 2.05) is 0 Å². The molecule has 0 aliphatic heterocycles. The van der Waals surface area contributed by atoms with E-state index in [-0.39, 0.29) is 23.1 Å². The van der Waals surface area contributed by atoms with E-state index in [1.165, 1.54) is 19.2 Å². The van der Waals surface area contributed by atoms with E-state index < -0.39 is 11.9 Å². The lowest BCUT2D eigenvalue weighted by Gasteiger charge is -2.10. The molecule has 0 saturated carbocycles. The summed E-state index contributed by atoms with van der Waals surface area (Å²) in [6.45, 7) is 0.524. The molecule has 4 nitrogen and oxygen atoms in total. The molecule has 0 spiro atoms. The van der Waals surface area contributed by atoms with Gasteiger partial charge in [0, 0.05) is 19.2 Å². The summed E-state index contributed by atoms with van der Waals surface area (Å²) in [4.78, 5) is 11.6. The molecule has 0 saturated heterocycles. The Hall–Kier alpha value is -1.17. The van der Waals surface area contributed by atoms with Crippen LogP contribution in [0.5, 0.6) is 0 Å². The minimum atomic E-state index is -0.618. The lowest BCUT2D eigenvalue weighted by Crippen LogP contribution is -2.28. The van der Waals surface area contributed by atoms with Gasteiger partial charge in [0.05, 0.1) is 17.7 Å². The minimum Gasteiger partial charge on any atom is -0.391 e. The third-order valence-corrected chi connectivity index (χ3v) is 2.59. The lowest BCUT2D eigenvalue weighted by atomic mass is 10.2. The fraction of sp³-hybridized carbons (Fsp3) is 0.417. The van der Waals surface area contributed by atoms with Crippen LogP contribution in [-0.4, -0.2) is 37.4 Å². The second-order valence-electron chi connectivity index (χ2n) is 3.78. The number of methoxy groups -OCH3 is 1. The van der Waals surface area contributed by atoms with E-state index in [0.717, 1.165) is 6.07 Å². The fourth-order valence-corrected chi connectivity index (χ4v) is 1.55. The highest BCUT2D eigenvalue weighted by Crippen LogP contribution is 2.15. The normalized spacial score (nSPS) is 12.2. The third-order valence-electron chi connectivity index (χ3n) is 2.30. The smallest absolute Gasteiger partial charge is 0.251 e. The number of nitrogens with one attached hydrogen (secondary N) is 1. The first-order chi connectivity index (χ1) is 8.54. The van der Waals surface area contributed by atoms with Crippen molar-refractivity contribution in [2.45, 2.75) is 12.5 Å². The molecule has 0 aliphatic carbocycles. The van der Waals surface area contributed by atoms with E-state index in [9.17, 15) is 14.3 Å². The summed E-state index contributed by atoms with van der Waals surface area (Å²) in [6.07, 6.45) is -0.235. The zero-order chi connectivity index (χ0) is 13.5. The van der Waals surface area contributed by atoms with Crippen LogP contribution in [0.1, 0.15) is 16.8 Å². The molecule has 1 rings (SSSR count). The van der Waals surface area contributed by atoms with Crippen LogP contribution in [0, 0.1) is 5.82 Å². The van der Waals surface area contributed by atoms with Crippen LogP contribution < -0.4 is 5.32 Å². The third kappa shape index (κ3) is 4.60. The number of aliphatic hydroxyl groups is 1. The number of carbonyl (C=O) groups is 1. The molecule has 1 unspecified atom stereocenters. The van der Waals surface area contributed by atoms with E-state index >= 15 is 0 Å². The molecule has 1 atom stereocenters. The summed E-state index contributed by atoms with van der Waals surface area (Å²) in [7, 11) is 1.49. The Kier molecular flexibility index (Phi) is 6.04. The first-order valence-corrected chi connectivity index (χ1v) is 5.82. The van der Waals surface area contributed by atoms with E-state index in [1.54, 1.807) is 0 Å². The summed E-state index contributed by atoms with van der Waals surface area (Å²) in [5.74, 6) is -0.926. The van der Waals surface area contributed by atoms with Crippen molar-refractivity contribution in [1.82, 2.24) is 5.32 Å². The van der Waals surface area contributed by atoms with Crippen molar-refractivity contribution in [2.24, 2.45) is 0 Å². The number of amides is 1. The van der Waals surface area contributed by atoms with Crippen LogP contribution >= 0.6 is 11.6 Å². The van der Waals surface area contributed by atoms with Crippen molar-refractivity contribution >= 4 is 17.5 Å². The Balaban J connectivity index is 2.43. The highest BCUT2D eigenvalue weighted by molar-refractivity contribution is 6.31. The predicted molar refractivity (Wildman–Crippen MR) is 66.2 cm³/mol. The van der Waals surface area contributed by atoms with Gasteiger partial charge in [0.2, 0.25) is 0 Å². The number of ether oxygens (including phenoxy) is 1. The van der Waals surface area contributed by atoms with Crippen LogP contribution in [0.2, 0.25) is 5.02 Å². The number of hydrogen-bond acceptors (Lipinski definition) is 3. The van der Waals surface area contributed by atoms with Gasteiger partial charge in [-0.3, -0.25) is 4.79 Å². The highest BCUT2D eigenvalue weighted by Gasteiger charge is 2.09. The van der Waals surface area contributed by atoms with Crippen LogP contribution in [0.3, 0.4) is 0 Å². The second kappa shape index (κ2) is 7.31. The average molecular weight is 276 g/mol. The predicted octanol–water partition coefficient (Wildman–Crippen LogP) is 1.61. The molecular formula is C12H15ClFNO3. The quantitative estimate of drug-likeness (QED) is 0.829. The molecule has 18 heavy (non-hydrogen) atoms. The highest BCUT2D eigenvalue weighted by atomic mass is 35.5. The Morgan fingerprint density at radius 2 is 2.33 bits per heavy atom. The molecule has 0 fully saturated rings. The van der Waals surface area contributed by atoms with E-state index in [4.69, 9.17) is 16.3 Å². The molecule has 0 heterocycles. The number of carbonyl (C=O) groups excluding carboxylic acids is 1. The van der Waals surface area contributed by atoms with Crippen molar-refractivity contribution in [2.75, 3.05) is 20.3 Å². The largest absolute Gasteiger partial charge is 0.391 e. The number of benzene rings is 1. The second-order valence-corrected chi connectivity index (χ2v) is 4.19. The monoisotopic (exact) mass is 275 g/mol. The maximum absolute atomic E-state index is 12.9. The number of halogens is 2. The van der Waals surface area contributed by atoms with Crippen LogP contribution in [0.15, 0.2) is 18.2 Å². The Bertz CT molecular complexity index is 414. The first kappa shape index (κ1) is 14.9. The van der Waals surface area contributed by atoms with Gasteiger partial charge in [-0.1, -0.05) is 11.6 Å². The SMILES string of the molecule is COCC(O)CCNC(=O)c1ccc(F)c(Cl)c1. The van der Waals surface area contributed by atoms with Gasteiger partial charge in [-0.2, -0.15) is 0 Å². The van der Waals surface area contributed by atoms with Crippen LogP contribution in [-0.2, 0) is 4.74 Å². The zero-order valence-electron chi connectivity index (χ0n) is 9.95. The summed E-state index contributed by atoms with van der Waals surface area (Å²) in [6, 6.07) is 3.75. The fourth-order valence-electron chi connectivity index (χ4n) is 1.37. The summed E-state index contributed by atoms with van der Waals surface area (Å²) >= 11 is 5.57.